The molecule has 7 nitrogen and oxygen atoms in total. The Labute approximate surface area is 158 Å². The number of benzene rings is 1. The molecule has 8 heteroatoms. The number of hydrogen-bond donors (Lipinski definition) is 1. The number of morpholine rings is 2. The third-order valence-electron chi connectivity index (χ3n) is 4.95. The van der Waals surface area contributed by atoms with Gasteiger partial charge in [-0.2, -0.15) is 4.68 Å². The topological polar surface area (TPSA) is 48.9 Å². The Bertz CT molecular complexity index is 764. The van der Waals surface area contributed by atoms with Crippen LogP contribution in [0, 0.1) is 4.77 Å². The molecule has 0 radical (unpaired) electrons. The highest BCUT2D eigenvalue weighted by atomic mass is 32.1. The molecule has 0 atom stereocenters. The van der Waals surface area contributed by atoms with Crippen molar-refractivity contribution in [1.82, 2.24) is 14.3 Å². The van der Waals surface area contributed by atoms with Gasteiger partial charge in [0, 0.05) is 13.1 Å². The molecule has 2 aliphatic heterocycles. The average Bonchev–Trinajstić information content (AvgIpc) is 3.00. The monoisotopic (exact) mass is 376 g/mol. The van der Waals surface area contributed by atoms with Gasteiger partial charge in [-0.05, 0) is 17.8 Å². The van der Waals surface area contributed by atoms with Crippen molar-refractivity contribution < 1.29 is 14.4 Å². The van der Waals surface area contributed by atoms with E-state index in [1.807, 2.05) is 10.7 Å². The fourth-order valence-corrected chi connectivity index (χ4v) is 3.72. The maximum absolute atomic E-state index is 5.81. The van der Waals surface area contributed by atoms with E-state index in [0.717, 1.165) is 76.5 Å². The molecule has 140 valence electrons. The first kappa shape index (κ1) is 17.7. The normalized spacial score (nSPS) is 19.0. The van der Waals surface area contributed by atoms with E-state index in [-0.39, 0.29) is 0 Å². The fourth-order valence-electron chi connectivity index (χ4n) is 3.46. The lowest BCUT2D eigenvalue weighted by atomic mass is 10.2. The standard InChI is InChI=1S/C18H25N5O2S/c26-18-22(14-16-4-2-1-3-5-16)17(21-8-12-25-13-9-21)19-23(18)15-20-6-10-24-11-7-20/h1-5H,6-15H2/p+1. The average molecular weight is 377 g/mol. The lowest BCUT2D eigenvalue weighted by molar-refractivity contribution is -0.930. The Morgan fingerprint density at radius 1 is 1.00 bits per heavy atom. The molecule has 1 aromatic carbocycles. The molecule has 0 amide bonds. The van der Waals surface area contributed by atoms with E-state index in [1.54, 1.807) is 0 Å². The van der Waals surface area contributed by atoms with Crippen LogP contribution in [0.3, 0.4) is 0 Å². The predicted octanol–water partition coefficient (Wildman–Crippen LogP) is 0.172. The molecule has 3 heterocycles. The van der Waals surface area contributed by atoms with Gasteiger partial charge in [-0.25, -0.2) is 0 Å². The third kappa shape index (κ3) is 3.98. The largest absolute Gasteiger partial charge is 0.378 e. The van der Waals surface area contributed by atoms with Gasteiger partial charge < -0.3 is 19.3 Å². The summed E-state index contributed by atoms with van der Waals surface area (Å²) in [5.74, 6) is 0.954. The van der Waals surface area contributed by atoms with Crippen LogP contribution in [-0.4, -0.2) is 67.0 Å². The van der Waals surface area contributed by atoms with E-state index < -0.39 is 0 Å². The molecule has 2 fully saturated rings. The molecule has 26 heavy (non-hydrogen) atoms. The zero-order chi connectivity index (χ0) is 17.8. The minimum Gasteiger partial charge on any atom is -0.378 e. The molecule has 2 aliphatic rings. The fraction of sp³-hybridized carbons (Fsp3) is 0.556. The highest BCUT2D eigenvalue weighted by Gasteiger charge is 2.22. The zero-order valence-electron chi connectivity index (χ0n) is 15.0. The predicted molar refractivity (Wildman–Crippen MR) is 101 cm³/mol. The quantitative estimate of drug-likeness (QED) is 0.754. The second kappa shape index (κ2) is 8.30. The summed E-state index contributed by atoms with van der Waals surface area (Å²) in [6, 6.07) is 10.4. The lowest BCUT2D eigenvalue weighted by Crippen LogP contribution is -3.13. The van der Waals surface area contributed by atoms with Crippen molar-refractivity contribution in [2.24, 2.45) is 0 Å². The Morgan fingerprint density at radius 2 is 1.69 bits per heavy atom. The van der Waals surface area contributed by atoms with Crippen molar-refractivity contribution in [3.05, 3.63) is 40.7 Å². The van der Waals surface area contributed by atoms with Crippen LogP contribution in [0.4, 0.5) is 5.95 Å². The van der Waals surface area contributed by atoms with E-state index in [1.165, 1.54) is 10.5 Å². The number of nitrogens with one attached hydrogen (secondary N) is 1. The van der Waals surface area contributed by atoms with Crippen LogP contribution in [0.15, 0.2) is 30.3 Å². The minimum atomic E-state index is 0.736. The molecular formula is C18H26N5O2S+. The molecular weight excluding hydrogens is 350 g/mol. The number of ether oxygens (including phenoxy) is 2. The smallest absolute Gasteiger partial charge is 0.226 e. The molecule has 0 saturated carbocycles. The van der Waals surface area contributed by atoms with Gasteiger partial charge in [-0.3, -0.25) is 4.57 Å². The molecule has 1 aromatic heterocycles. The van der Waals surface area contributed by atoms with Crippen molar-refractivity contribution in [2.75, 3.05) is 57.5 Å². The summed E-state index contributed by atoms with van der Waals surface area (Å²) < 4.78 is 15.9. The molecule has 0 spiro atoms. The Kier molecular flexibility index (Phi) is 5.64. The zero-order valence-corrected chi connectivity index (χ0v) is 15.8. The van der Waals surface area contributed by atoms with Crippen molar-refractivity contribution >= 4 is 18.2 Å². The van der Waals surface area contributed by atoms with Crippen LogP contribution >= 0.6 is 12.2 Å². The first-order valence-corrected chi connectivity index (χ1v) is 9.67. The molecule has 0 unspecified atom stereocenters. The Morgan fingerprint density at radius 3 is 2.42 bits per heavy atom. The van der Waals surface area contributed by atoms with Crippen LogP contribution in [0.5, 0.6) is 0 Å². The molecule has 1 N–H and O–H groups in total. The summed E-state index contributed by atoms with van der Waals surface area (Å²) in [5.41, 5.74) is 1.23. The SMILES string of the molecule is S=c1n(C[NH+]2CCOCC2)nc(N2CCOCC2)n1Cc1ccccc1. The number of aromatic nitrogens is 3. The summed E-state index contributed by atoms with van der Waals surface area (Å²) in [4.78, 5) is 3.75. The lowest BCUT2D eigenvalue weighted by Gasteiger charge is -2.27. The number of nitrogens with zero attached hydrogens (tertiary/aromatic N) is 4. The number of rotatable bonds is 5. The van der Waals surface area contributed by atoms with Gasteiger partial charge >= 0.3 is 0 Å². The molecule has 0 bridgehead atoms. The maximum Gasteiger partial charge on any atom is 0.226 e. The number of hydrogen-bond acceptors (Lipinski definition) is 5. The van der Waals surface area contributed by atoms with Gasteiger partial charge in [0.25, 0.3) is 0 Å². The van der Waals surface area contributed by atoms with Crippen LogP contribution in [-0.2, 0) is 22.7 Å². The van der Waals surface area contributed by atoms with Crippen LogP contribution < -0.4 is 9.80 Å². The summed E-state index contributed by atoms with van der Waals surface area (Å²) in [6.45, 7) is 8.33. The van der Waals surface area contributed by atoms with Gasteiger partial charge in [0.15, 0.2) is 6.67 Å². The highest BCUT2D eigenvalue weighted by Crippen LogP contribution is 2.17. The Hall–Kier alpha value is -1.74. The van der Waals surface area contributed by atoms with Crippen LogP contribution in [0.25, 0.3) is 0 Å². The van der Waals surface area contributed by atoms with E-state index in [2.05, 4.69) is 33.7 Å². The highest BCUT2D eigenvalue weighted by molar-refractivity contribution is 7.71. The van der Waals surface area contributed by atoms with Gasteiger partial charge in [-0.15, -0.1) is 5.10 Å². The Balaban J connectivity index is 1.63. The molecule has 2 aromatic rings. The number of anilines is 1. The second-order valence-electron chi connectivity index (χ2n) is 6.77. The van der Waals surface area contributed by atoms with E-state index in [0.29, 0.717) is 0 Å². The summed E-state index contributed by atoms with van der Waals surface area (Å²) in [6.07, 6.45) is 0. The van der Waals surface area contributed by atoms with E-state index in [9.17, 15) is 0 Å². The van der Waals surface area contributed by atoms with Crippen molar-refractivity contribution in [1.29, 1.82) is 0 Å². The molecule has 4 rings (SSSR count). The first-order valence-electron chi connectivity index (χ1n) is 9.27. The van der Waals surface area contributed by atoms with Crippen molar-refractivity contribution in [2.45, 2.75) is 13.2 Å². The van der Waals surface area contributed by atoms with E-state index in [4.69, 9.17) is 26.8 Å². The minimum absolute atomic E-state index is 0.736. The third-order valence-corrected chi connectivity index (χ3v) is 5.39. The summed E-state index contributed by atoms with van der Waals surface area (Å²) in [7, 11) is 0. The van der Waals surface area contributed by atoms with Gasteiger partial charge in [0.1, 0.15) is 13.1 Å². The number of quaternary nitrogens is 1. The molecule has 2 saturated heterocycles. The maximum atomic E-state index is 5.81. The van der Waals surface area contributed by atoms with Gasteiger partial charge in [-0.1, -0.05) is 30.3 Å². The van der Waals surface area contributed by atoms with Crippen LogP contribution in [0.1, 0.15) is 5.56 Å². The van der Waals surface area contributed by atoms with Crippen molar-refractivity contribution in [3.8, 4) is 0 Å². The second-order valence-corrected chi connectivity index (χ2v) is 7.14. The first-order chi connectivity index (χ1) is 12.8. The summed E-state index contributed by atoms with van der Waals surface area (Å²) >= 11 is 5.81. The van der Waals surface area contributed by atoms with Crippen molar-refractivity contribution in [3.63, 3.8) is 0 Å². The molecule has 0 aliphatic carbocycles. The van der Waals surface area contributed by atoms with Gasteiger partial charge in [0.05, 0.1) is 33.0 Å². The summed E-state index contributed by atoms with van der Waals surface area (Å²) in [5, 5.41) is 4.91. The van der Waals surface area contributed by atoms with Gasteiger partial charge in [0.2, 0.25) is 10.7 Å². The van der Waals surface area contributed by atoms with Crippen LogP contribution in [0.2, 0.25) is 0 Å². The van der Waals surface area contributed by atoms with E-state index >= 15 is 0 Å².